The summed E-state index contributed by atoms with van der Waals surface area (Å²) in [6.45, 7) is 0. The molecule has 202 valence electrons. The summed E-state index contributed by atoms with van der Waals surface area (Å²) < 4.78 is 87.0. The summed E-state index contributed by atoms with van der Waals surface area (Å²) in [5.74, 6) is -1.48. The van der Waals surface area contributed by atoms with Crippen LogP contribution in [0.4, 0.5) is 38.1 Å². The number of benzene rings is 1. The number of aryl methyl sites for hydroxylation is 1. The molecule has 3 N–H and O–H groups in total. The number of nitrogens with one attached hydrogen (secondary N) is 3. The molecule has 0 bridgehead atoms. The van der Waals surface area contributed by atoms with Gasteiger partial charge in [-0.1, -0.05) is 0 Å². The third kappa shape index (κ3) is 4.17. The number of pyridine rings is 1. The Morgan fingerprint density at radius 1 is 0.923 bits per heavy atom. The summed E-state index contributed by atoms with van der Waals surface area (Å²) in [5.41, 5.74) is 0.0105. The lowest BCUT2D eigenvalue weighted by Crippen LogP contribution is -2.13. The van der Waals surface area contributed by atoms with Crippen LogP contribution >= 0.6 is 0 Å². The Labute approximate surface area is 215 Å². The number of halogens is 6. The van der Waals surface area contributed by atoms with Crippen LogP contribution in [-0.2, 0) is 25.2 Å². The second-order valence-corrected chi connectivity index (χ2v) is 8.97. The van der Waals surface area contributed by atoms with Crippen LogP contribution in [0, 0.1) is 0 Å². The number of anilines is 2. The highest BCUT2D eigenvalue weighted by atomic mass is 19.4. The molecule has 1 aliphatic carbocycles. The average Bonchev–Trinajstić information content (AvgIpc) is 3.54. The van der Waals surface area contributed by atoms with Crippen LogP contribution in [0.15, 0.2) is 24.5 Å². The molecule has 6 rings (SSSR count). The molecule has 1 aliphatic rings. The molecule has 9 nitrogen and oxygen atoms in total. The third-order valence-corrected chi connectivity index (χ3v) is 6.65. The molecular formula is C24H18F6N8O. The molecule has 4 aromatic heterocycles. The maximum absolute atomic E-state index is 14.2. The van der Waals surface area contributed by atoms with Crippen LogP contribution in [0.5, 0.6) is 5.88 Å². The fourth-order valence-electron chi connectivity index (χ4n) is 5.01. The molecule has 0 spiro atoms. The van der Waals surface area contributed by atoms with Gasteiger partial charge in [-0.25, -0.2) is 9.97 Å². The summed E-state index contributed by atoms with van der Waals surface area (Å²) in [6.07, 6.45) is -4.80. The maximum atomic E-state index is 14.2. The number of methoxy groups -OCH3 is 1. The van der Waals surface area contributed by atoms with Crippen LogP contribution < -0.4 is 10.1 Å². The van der Waals surface area contributed by atoms with E-state index in [4.69, 9.17) is 4.74 Å². The quantitative estimate of drug-likeness (QED) is 0.237. The Morgan fingerprint density at radius 2 is 1.69 bits per heavy atom. The molecular weight excluding hydrogens is 530 g/mol. The Hall–Kier alpha value is -4.43. The monoisotopic (exact) mass is 548 g/mol. The molecule has 15 heteroatoms. The minimum absolute atomic E-state index is 0.0718. The number of fused-ring (bicyclic) bond motifs is 5. The molecule has 0 amide bonds. The Kier molecular flexibility index (Phi) is 5.62. The fraction of sp³-hybridized carbons (Fsp3) is 0.292. The SMILES string of the molecule is COc1nc(Nc2[nH]nc(C(F)(F)F)c2-c2nc3ccc4[nH]ncc4c3c3c2CCCC3)ncc1C(F)(F)F. The number of hydrogen-bond donors (Lipinski definition) is 3. The zero-order chi connectivity index (χ0) is 27.5. The lowest BCUT2D eigenvalue weighted by Gasteiger charge is -2.22. The molecule has 0 fully saturated rings. The van der Waals surface area contributed by atoms with E-state index in [1.54, 1.807) is 18.3 Å². The topological polar surface area (TPSA) is 117 Å². The standard InChI is InChI=1S/C24H18F6N8O/c1-39-21-13(23(25,26)27)9-31-22(35-21)34-20-17(19(37-38-20)24(28,29)30)18-11-5-3-2-4-10(11)16-12-8-32-36-14(12)6-7-15(16)33-18/h6-9H,2-5H2,1H3,(H,32,36)(H2,31,34,35,37,38). The highest BCUT2D eigenvalue weighted by Gasteiger charge is 2.41. The first-order valence-corrected chi connectivity index (χ1v) is 11.7. The molecule has 0 aliphatic heterocycles. The summed E-state index contributed by atoms with van der Waals surface area (Å²) in [7, 11) is 0.993. The van der Waals surface area contributed by atoms with Gasteiger partial charge in [-0.3, -0.25) is 10.2 Å². The molecule has 0 unspecified atom stereocenters. The highest BCUT2D eigenvalue weighted by Crippen LogP contribution is 2.45. The predicted molar refractivity (Wildman–Crippen MR) is 127 cm³/mol. The lowest BCUT2D eigenvalue weighted by atomic mass is 9.85. The molecule has 0 radical (unpaired) electrons. The molecule has 5 aromatic rings. The minimum Gasteiger partial charge on any atom is -0.480 e. The van der Waals surface area contributed by atoms with Crippen LogP contribution in [0.3, 0.4) is 0 Å². The minimum atomic E-state index is -4.86. The van der Waals surface area contributed by atoms with Crippen LogP contribution in [0.25, 0.3) is 33.1 Å². The van der Waals surface area contributed by atoms with E-state index in [1.807, 2.05) is 0 Å². The maximum Gasteiger partial charge on any atom is 0.435 e. The molecule has 0 saturated carbocycles. The van der Waals surface area contributed by atoms with Gasteiger partial charge in [0, 0.05) is 17.0 Å². The van der Waals surface area contributed by atoms with Crippen molar-refractivity contribution in [3.8, 4) is 17.1 Å². The van der Waals surface area contributed by atoms with Gasteiger partial charge in [-0.2, -0.15) is 41.5 Å². The van der Waals surface area contributed by atoms with Gasteiger partial charge in [-0.05, 0) is 48.9 Å². The highest BCUT2D eigenvalue weighted by molar-refractivity contribution is 6.08. The largest absolute Gasteiger partial charge is 0.480 e. The summed E-state index contributed by atoms with van der Waals surface area (Å²) in [4.78, 5) is 12.0. The first-order valence-electron chi connectivity index (χ1n) is 11.7. The number of nitrogens with zero attached hydrogens (tertiary/aromatic N) is 5. The van der Waals surface area contributed by atoms with Gasteiger partial charge in [0.2, 0.25) is 11.8 Å². The van der Waals surface area contributed by atoms with Crippen molar-refractivity contribution in [1.82, 2.24) is 35.3 Å². The second kappa shape index (κ2) is 8.81. The first kappa shape index (κ1) is 24.9. The van der Waals surface area contributed by atoms with Crippen molar-refractivity contribution < 1.29 is 31.1 Å². The molecule has 39 heavy (non-hydrogen) atoms. The first-order chi connectivity index (χ1) is 18.6. The number of H-pyrrole nitrogens is 2. The Balaban J connectivity index is 1.56. The van der Waals surface area contributed by atoms with Crippen molar-refractivity contribution in [2.45, 2.75) is 38.0 Å². The van der Waals surface area contributed by atoms with E-state index >= 15 is 0 Å². The molecule has 1 aromatic carbocycles. The zero-order valence-electron chi connectivity index (χ0n) is 20.0. The summed E-state index contributed by atoms with van der Waals surface area (Å²) >= 11 is 0. The van der Waals surface area contributed by atoms with Gasteiger partial charge < -0.3 is 10.1 Å². The predicted octanol–water partition coefficient (Wildman–Crippen LogP) is 5.96. The van der Waals surface area contributed by atoms with Crippen LogP contribution in [0.2, 0.25) is 0 Å². The summed E-state index contributed by atoms with van der Waals surface area (Å²) in [5, 5.41) is 17.0. The Bertz CT molecular complexity index is 1720. The van der Waals surface area contributed by atoms with Gasteiger partial charge in [0.25, 0.3) is 0 Å². The fourth-order valence-corrected chi connectivity index (χ4v) is 5.01. The van der Waals surface area contributed by atoms with Crippen molar-refractivity contribution in [3.05, 3.63) is 46.9 Å². The molecule has 0 saturated heterocycles. The molecule has 4 heterocycles. The van der Waals surface area contributed by atoms with Gasteiger partial charge in [-0.15, -0.1) is 0 Å². The Morgan fingerprint density at radius 3 is 2.41 bits per heavy atom. The number of aromatic amines is 2. The number of alkyl halides is 6. The number of hydrogen-bond acceptors (Lipinski definition) is 7. The number of ether oxygens (including phenoxy) is 1. The van der Waals surface area contributed by atoms with E-state index in [0.29, 0.717) is 30.1 Å². The zero-order valence-corrected chi connectivity index (χ0v) is 20.0. The van der Waals surface area contributed by atoms with Crippen molar-refractivity contribution >= 4 is 33.6 Å². The van der Waals surface area contributed by atoms with E-state index in [9.17, 15) is 26.3 Å². The van der Waals surface area contributed by atoms with E-state index in [-0.39, 0.29) is 17.1 Å². The van der Waals surface area contributed by atoms with Crippen molar-refractivity contribution in [2.75, 3.05) is 12.4 Å². The average molecular weight is 548 g/mol. The lowest BCUT2D eigenvalue weighted by molar-refractivity contribution is -0.141. The summed E-state index contributed by atoms with van der Waals surface area (Å²) in [6, 6.07) is 3.46. The second-order valence-electron chi connectivity index (χ2n) is 8.97. The molecule has 0 atom stereocenters. The van der Waals surface area contributed by atoms with Crippen molar-refractivity contribution in [2.24, 2.45) is 0 Å². The van der Waals surface area contributed by atoms with Gasteiger partial charge in [0.15, 0.2) is 5.69 Å². The van der Waals surface area contributed by atoms with Crippen LogP contribution in [-0.4, -0.2) is 42.5 Å². The van der Waals surface area contributed by atoms with E-state index in [2.05, 4.69) is 40.7 Å². The van der Waals surface area contributed by atoms with Crippen molar-refractivity contribution in [1.29, 1.82) is 0 Å². The third-order valence-electron chi connectivity index (χ3n) is 6.65. The van der Waals surface area contributed by atoms with Gasteiger partial charge >= 0.3 is 12.4 Å². The van der Waals surface area contributed by atoms with Gasteiger partial charge in [0.1, 0.15) is 11.4 Å². The van der Waals surface area contributed by atoms with Crippen LogP contribution in [0.1, 0.15) is 35.2 Å². The smallest absolute Gasteiger partial charge is 0.435 e. The number of aromatic nitrogens is 7. The van der Waals surface area contributed by atoms with Crippen molar-refractivity contribution in [3.63, 3.8) is 0 Å². The van der Waals surface area contributed by atoms with Gasteiger partial charge in [0.05, 0.1) is 35.6 Å². The van der Waals surface area contributed by atoms with E-state index in [0.717, 1.165) is 41.8 Å². The van der Waals surface area contributed by atoms with E-state index < -0.39 is 35.4 Å². The number of rotatable bonds is 4. The van der Waals surface area contributed by atoms with E-state index in [1.165, 1.54) is 0 Å². The normalized spacial score (nSPS) is 14.1.